The summed E-state index contributed by atoms with van der Waals surface area (Å²) in [6, 6.07) is 28.2. The second-order valence-corrected chi connectivity index (χ2v) is 12.9. The molecule has 0 N–H and O–H groups in total. The molecular weight excluding hydrogens is 802 g/mol. The van der Waals surface area contributed by atoms with Gasteiger partial charge in [-0.05, 0) is 12.1 Å². The van der Waals surface area contributed by atoms with Gasteiger partial charge in [0.2, 0.25) is 5.52 Å². The zero-order valence-corrected chi connectivity index (χ0v) is 28.9. The summed E-state index contributed by atoms with van der Waals surface area (Å²) in [5, 5.41) is 1.28. The highest BCUT2D eigenvalue weighted by atomic mass is 19.2. The number of rotatable bonds is 7. The van der Waals surface area contributed by atoms with Crippen LogP contribution < -0.4 is 21.0 Å². The number of halogens is 15. The van der Waals surface area contributed by atoms with Gasteiger partial charge in [-0.2, -0.15) is 4.57 Å². The third-order valence-electron chi connectivity index (χ3n) is 9.58. The van der Waals surface area contributed by atoms with Crippen LogP contribution in [-0.4, -0.2) is 6.15 Å². The molecule has 7 rings (SSSR count). The van der Waals surface area contributed by atoms with Crippen molar-refractivity contribution in [3.05, 3.63) is 202 Å². The van der Waals surface area contributed by atoms with Gasteiger partial charge in [0.1, 0.15) is 41.0 Å². The number of hydrogen-bond acceptors (Lipinski definition) is 0. The lowest BCUT2D eigenvalue weighted by Gasteiger charge is -2.44. The van der Waals surface area contributed by atoms with Crippen LogP contribution in [-0.2, 0) is 12.9 Å². The van der Waals surface area contributed by atoms with Crippen molar-refractivity contribution >= 4 is 33.4 Å². The smallest absolute Gasteiger partial charge is 0.207 e. The molecule has 7 aromatic rings. The molecule has 298 valence electrons. The molecule has 17 heteroatoms. The summed E-state index contributed by atoms with van der Waals surface area (Å²) in [5.74, 6) is -45.2. The number of nitrogens with zero attached hydrogens (tertiary/aromatic N) is 1. The van der Waals surface area contributed by atoms with Gasteiger partial charge in [-0.25, -0.2) is 65.9 Å². The fourth-order valence-corrected chi connectivity index (χ4v) is 7.01. The lowest BCUT2D eigenvalue weighted by atomic mass is 9.13. The maximum absolute atomic E-state index is 15.3. The van der Waals surface area contributed by atoms with Gasteiger partial charge in [0.25, 0.3) is 0 Å². The standard InChI is InChI=1S/C25H7BF15.C16H14N/c27-11-8(12(28)18(34)23(39)17(11)33)26(6-7-4-2-1-3-5-7,9-13(29)19(35)24(40)20(36)14(9)30)10-15(31)21(37)25(41)22(38)16(10)32;1-2-7-14(8-3-1)13-17-12-6-10-15-9-4-5-11-16(15)17/h1-5H,6H2;1-12H,13H2/q-1;+1. The molecular formula is C41H21BF15N. The number of para-hydroxylation sites is 1. The molecule has 0 unspecified atom stereocenters. The zero-order chi connectivity index (χ0) is 42.2. The summed E-state index contributed by atoms with van der Waals surface area (Å²) < 4.78 is 223. The normalized spacial score (nSPS) is 11.5. The quantitative estimate of drug-likeness (QED) is 0.0497. The highest BCUT2D eigenvalue weighted by Crippen LogP contribution is 2.30. The van der Waals surface area contributed by atoms with E-state index in [1.165, 1.54) is 22.5 Å². The molecule has 0 aliphatic rings. The Morgan fingerprint density at radius 3 is 1.03 bits per heavy atom. The Hall–Kier alpha value is -6.26. The first kappa shape index (κ1) is 41.4. The molecule has 0 atom stereocenters. The summed E-state index contributed by atoms with van der Waals surface area (Å²) >= 11 is 0. The van der Waals surface area contributed by atoms with E-state index in [2.05, 4.69) is 77.5 Å². The van der Waals surface area contributed by atoms with E-state index in [4.69, 9.17) is 0 Å². The Bertz CT molecular complexity index is 2430. The van der Waals surface area contributed by atoms with Crippen molar-refractivity contribution in [2.45, 2.75) is 12.9 Å². The van der Waals surface area contributed by atoms with Crippen LogP contribution in [0.1, 0.15) is 11.1 Å². The first-order valence-electron chi connectivity index (χ1n) is 16.7. The Morgan fingerprint density at radius 1 is 0.328 bits per heavy atom. The van der Waals surface area contributed by atoms with Crippen molar-refractivity contribution in [1.29, 1.82) is 0 Å². The molecule has 0 amide bonds. The largest absolute Gasteiger partial charge is 0.212 e. The predicted molar refractivity (Wildman–Crippen MR) is 183 cm³/mol. The van der Waals surface area contributed by atoms with Gasteiger partial charge in [0, 0.05) is 23.1 Å². The number of hydrogen-bond donors (Lipinski definition) is 0. The number of aromatic nitrogens is 1. The van der Waals surface area contributed by atoms with Gasteiger partial charge in [0.05, 0.1) is 0 Å². The average molecular weight is 823 g/mol. The van der Waals surface area contributed by atoms with Gasteiger partial charge < -0.3 is 0 Å². The van der Waals surface area contributed by atoms with Crippen LogP contribution in [0.4, 0.5) is 65.9 Å². The zero-order valence-electron chi connectivity index (χ0n) is 28.9. The van der Waals surface area contributed by atoms with E-state index in [0.717, 1.165) is 30.8 Å². The minimum absolute atomic E-state index is 0.607. The molecule has 0 radical (unpaired) electrons. The van der Waals surface area contributed by atoms with E-state index in [-0.39, 0.29) is 0 Å². The summed E-state index contributed by atoms with van der Waals surface area (Å²) in [6.45, 7) is 0.919. The van der Waals surface area contributed by atoms with Crippen molar-refractivity contribution in [2.75, 3.05) is 0 Å². The fourth-order valence-electron chi connectivity index (χ4n) is 7.01. The number of benzene rings is 6. The average Bonchev–Trinajstić information content (AvgIpc) is 3.23. The van der Waals surface area contributed by atoms with Crippen molar-refractivity contribution in [3.8, 4) is 0 Å². The molecule has 1 aromatic heterocycles. The maximum Gasteiger partial charge on any atom is 0.212 e. The van der Waals surface area contributed by atoms with Crippen molar-refractivity contribution in [3.63, 3.8) is 0 Å². The van der Waals surface area contributed by atoms with Crippen molar-refractivity contribution in [1.82, 2.24) is 0 Å². The second-order valence-electron chi connectivity index (χ2n) is 12.9. The van der Waals surface area contributed by atoms with Crippen LogP contribution in [0.15, 0.2) is 103 Å². The van der Waals surface area contributed by atoms with Crippen molar-refractivity contribution < 1.29 is 70.4 Å². The predicted octanol–water partition coefficient (Wildman–Crippen LogP) is 9.20. The SMILES string of the molecule is Fc1c(F)c(F)c([B-](Cc2ccccc2)(c2c(F)c(F)c(F)c(F)c2F)c2c(F)c(F)c(F)c(F)c2F)c(F)c1F.c1ccc(C[n+]2cccc3ccccc32)cc1. The molecule has 6 aromatic carbocycles. The van der Waals surface area contributed by atoms with Gasteiger partial charge in [0.15, 0.2) is 65.1 Å². The fraction of sp³-hybridized carbons (Fsp3) is 0.0488. The highest BCUT2D eigenvalue weighted by Gasteiger charge is 2.48. The molecule has 0 saturated heterocycles. The molecule has 0 aliphatic carbocycles. The van der Waals surface area contributed by atoms with E-state index in [0.29, 0.717) is 0 Å². The number of pyridine rings is 1. The molecule has 0 bridgehead atoms. The first-order valence-corrected chi connectivity index (χ1v) is 16.7. The summed E-state index contributed by atoms with van der Waals surface area (Å²) in [5.41, 5.74) is -5.89. The molecule has 0 spiro atoms. The monoisotopic (exact) mass is 823 g/mol. The van der Waals surface area contributed by atoms with E-state index >= 15 is 26.3 Å². The molecule has 1 nitrogen and oxygen atoms in total. The lowest BCUT2D eigenvalue weighted by Crippen LogP contribution is -2.74. The summed E-state index contributed by atoms with van der Waals surface area (Å²) in [6.07, 6.45) is -5.28. The van der Waals surface area contributed by atoms with E-state index in [1.807, 2.05) is 0 Å². The number of fused-ring (bicyclic) bond motifs is 1. The molecule has 58 heavy (non-hydrogen) atoms. The molecule has 0 fully saturated rings. The molecule has 1 heterocycles. The van der Waals surface area contributed by atoms with E-state index in [9.17, 15) is 39.5 Å². The van der Waals surface area contributed by atoms with Crippen LogP contribution in [0, 0.1) is 87.3 Å². The maximum atomic E-state index is 15.3. The minimum atomic E-state index is -5.59. The van der Waals surface area contributed by atoms with Gasteiger partial charge in [-0.3, -0.25) is 0 Å². The van der Waals surface area contributed by atoms with Crippen molar-refractivity contribution in [2.24, 2.45) is 0 Å². The summed E-state index contributed by atoms with van der Waals surface area (Å²) in [7, 11) is 0. The summed E-state index contributed by atoms with van der Waals surface area (Å²) in [4.78, 5) is 0. The topological polar surface area (TPSA) is 3.88 Å². The Kier molecular flexibility index (Phi) is 11.6. The second kappa shape index (κ2) is 16.3. The van der Waals surface area contributed by atoms with Gasteiger partial charge >= 0.3 is 0 Å². The Balaban J connectivity index is 0.000000275. The molecule has 0 aliphatic heterocycles. The molecule has 0 saturated carbocycles. The Labute approximate surface area is 318 Å². The third kappa shape index (κ3) is 7.02. The lowest BCUT2D eigenvalue weighted by molar-refractivity contribution is -0.662. The van der Waals surface area contributed by atoms with Crippen LogP contribution >= 0.6 is 0 Å². The third-order valence-corrected chi connectivity index (χ3v) is 9.58. The van der Waals surface area contributed by atoms with Crippen LogP contribution in [0.2, 0.25) is 0 Å². The minimum Gasteiger partial charge on any atom is -0.207 e. The van der Waals surface area contributed by atoms with Gasteiger partial charge in [-0.15, -0.1) is 22.7 Å². The van der Waals surface area contributed by atoms with Crippen LogP contribution in [0.3, 0.4) is 0 Å². The van der Waals surface area contributed by atoms with E-state index in [1.54, 1.807) is 0 Å². The first-order chi connectivity index (χ1) is 27.5. The van der Waals surface area contributed by atoms with Gasteiger partial charge in [-0.1, -0.05) is 78.4 Å². The Morgan fingerprint density at radius 2 is 0.638 bits per heavy atom. The van der Waals surface area contributed by atoms with E-state index < -0.39 is 122 Å². The van der Waals surface area contributed by atoms with Crippen LogP contribution in [0.5, 0.6) is 0 Å². The highest BCUT2D eigenvalue weighted by molar-refractivity contribution is 7.11. The van der Waals surface area contributed by atoms with Crippen LogP contribution in [0.25, 0.3) is 10.9 Å².